The number of hydrogen-bond donors (Lipinski definition) is 0. The fourth-order valence-corrected chi connectivity index (χ4v) is 2.85. The van der Waals surface area contributed by atoms with Crippen molar-refractivity contribution in [2.24, 2.45) is 0 Å². The van der Waals surface area contributed by atoms with Crippen LogP contribution in [0.3, 0.4) is 0 Å². The number of aromatic nitrogens is 4. The Morgan fingerprint density at radius 1 is 1.28 bits per heavy atom. The molecule has 0 aliphatic carbocycles. The fraction of sp³-hybridized carbons (Fsp3) is 0.222. The van der Waals surface area contributed by atoms with E-state index < -0.39 is 5.97 Å². The maximum Gasteiger partial charge on any atom is 0.339 e. The maximum absolute atomic E-state index is 12.3. The average molecular weight is 336 g/mol. The molecule has 0 bridgehead atoms. The van der Waals surface area contributed by atoms with Gasteiger partial charge in [0.2, 0.25) is 0 Å². The lowest BCUT2D eigenvalue weighted by Crippen LogP contribution is -2.12. The second-order valence-corrected chi connectivity index (χ2v) is 5.78. The van der Waals surface area contributed by atoms with Gasteiger partial charge in [0.1, 0.15) is 12.4 Å². The molecule has 0 aliphatic rings. The van der Waals surface area contributed by atoms with Gasteiger partial charge in [-0.1, -0.05) is 17.3 Å². The Morgan fingerprint density at radius 2 is 2.12 bits per heavy atom. The molecule has 4 aromatic rings. The van der Waals surface area contributed by atoms with Crippen LogP contribution >= 0.6 is 0 Å². The van der Waals surface area contributed by atoms with E-state index in [1.165, 1.54) is 6.20 Å². The van der Waals surface area contributed by atoms with Gasteiger partial charge in [-0.15, -0.1) is 0 Å². The third-order valence-electron chi connectivity index (χ3n) is 4.14. The second-order valence-electron chi connectivity index (χ2n) is 5.78. The highest BCUT2D eigenvalue weighted by molar-refractivity contribution is 5.93. The van der Waals surface area contributed by atoms with Gasteiger partial charge < -0.3 is 13.8 Å². The number of pyridine rings is 1. The molecule has 0 amide bonds. The molecule has 0 spiro atoms. The Hall–Kier alpha value is -3.22. The monoisotopic (exact) mass is 336 g/mol. The SMILES string of the molecule is Cc1noc2ncc(C(=O)OCCn3c(C)nc4ccccc43)cc12. The summed E-state index contributed by atoms with van der Waals surface area (Å²) in [7, 11) is 0. The smallest absolute Gasteiger partial charge is 0.339 e. The van der Waals surface area contributed by atoms with E-state index in [9.17, 15) is 4.79 Å². The number of aryl methyl sites for hydroxylation is 2. The Bertz CT molecular complexity index is 1080. The molecule has 0 saturated heterocycles. The number of fused-ring (bicyclic) bond motifs is 2. The summed E-state index contributed by atoms with van der Waals surface area (Å²) in [5.41, 5.74) is 3.45. The van der Waals surface area contributed by atoms with Crippen molar-refractivity contribution in [2.75, 3.05) is 6.61 Å². The number of nitrogens with zero attached hydrogens (tertiary/aromatic N) is 4. The predicted molar refractivity (Wildman–Crippen MR) is 91.3 cm³/mol. The number of esters is 1. The first-order chi connectivity index (χ1) is 12.1. The Labute approximate surface area is 143 Å². The summed E-state index contributed by atoms with van der Waals surface area (Å²) in [5, 5.41) is 4.54. The van der Waals surface area contributed by atoms with Gasteiger partial charge in [-0.05, 0) is 32.0 Å². The molecule has 0 N–H and O–H groups in total. The lowest BCUT2D eigenvalue weighted by atomic mass is 10.2. The van der Waals surface area contributed by atoms with E-state index in [-0.39, 0.29) is 6.61 Å². The number of hydrogen-bond acceptors (Lipinski definition) is 6. The van der Waals surface area contributed by atoms with Crippen LogP contribution in [0.4, 0.5) is 0 Å². The van der Waals surface area contributed by atoms with E-state index in [4.69, 9.17) is 9.26 Å². The van der Waals surface area contributed by atoms with Crippen molar-refractivity contribution in [1.29, 1.82) is 0 Å². The first-order valence-electron chi connectivity index (χ1n) is 7.94. The van der Waals surface area contributed by atoms with E-state index in [0.717, 1.165) is 16.9 Å². The van der Waals surface area contributed by atoms with E-state index in [0.29, 0.717) is 28.9 Å². The van der Waals surface area contributed by atoms with Gasteiger partial charge in [0.15, 0.2) is 0 Å². The molecule has 0 fully saturated rings. The van der Waals surface area contributed by atoms with E-state index in [1.807, 2.05) is 35.8 Å². The van der Waals surface area contributed by atoms with Crippen LogP contribution in [0.25, 0.3) is 22.1 Å². The summed E-state index contributed by atoms with van der Waals surface area (Å²) in [6.07, 6.45) is 1.44. The quantitative estimate of drug-likeness (QED) is 0.533. The van der Waals surface area contributed by atoms with Crippen LogP contribution in [0.5, 0.6) is 0 Å². The molecule has 0 radical (unpaired) electrons. The molecule has 0 aliphatic heterocycles. The standard InChI is InChI=1S/C18H16N4O3/c1-11-14-9-13(10-19-17(14)25-21-11)18(23)24-8-7-22-12(2)20-15-5-3-4-6-16(15)22/h3-6,9-10H,7-8H2,1-2H3. The van der Waals surface area contributed by atoms with Crippen LogP contribution in [0, 0.1) is 13.8 Å². The molecule has 1 aromatic carbocycles. The highest BCUT2D eigenvalue weighted by atomic mass is 16.5. The van der Waals surface area contributed by atoms with Crippen molar-refractivity contribution >= 4 is 28.1 Å². The number of carbonyl (C=O) groups excluding carboxylic acids is 1. The number of para-hydroxylation sites is 2. The summed E-state index contributed by atoms with van der Waals surface area (Å²) in [5.74, 6) is 0.470. The lowest BCUT2D eigenvalue weighted by Gasteiger charge is -2.08. The zero-order chi connectivity index (χ0) is 17.4. The fourth-order valence-electron chi connectivity index (χ4n) is 2.85. The van der Waals surface area contributed by atoms with Crippen molar-refractivity contribution in [2.45, 2.75) is 20.4 Å². The summed E-state index contributed by atoms with van der Waals surface area (Å²) in [6, 6.07) is 9.58. The van der Waals surface area contributed by atoms with E-state index >= 15 is 0 Å². The van der Waals surface area contributed by atoms with Gasteiger partial charge in [-0.2, -0.15) is 0 Å². The highest BCUT2D eigenvalue weighted by Crippen LogP contribution is 2.18. The largest absolute Gasteiger partial charge is 0.460 e. The number of carbonyl (C=O) groups is 1. The van der Waals surface area contributed by atoms with Gasteiger partial charge >= 0.3 is 5.97 Å². The number of rotatable bonds is 4. The first kappa shape index (κ1) is 15.3. The minimum absolute atomic E-state index is 0.251. The van der Waals surface area contributed by atoms with Crippen LogP contribution in [0.1, 0.15) is 21.9 Å². The molecule has 7 heteroatoms. The van der Waals surface area contributed by atoms with Crippen LogP contribution in [-0.2, 0) is 11.3 Å². The summed E-state index contributed by atoms with van der Waals surface area (Å²) >= 11 is 0. The molecule has 0 unspecified atom stereocenters. The molecule has 126 valence electrons. The predicted octanol–water partition coefficient (Wildman–Crippen LogP) is 3.05. The van der Waals surface area contributed by atoms with Crippen LogP contribution in [0.2, 0.25) is 0 Å². The van der Waals surface area contributed by atoms with Gasteiger partial charge in [-0.3, -0.25) is 0 Å². The average Bonchev–Trinajstić information content (AvgIpc) is 3.15. The van der Waals surface area contributed by atoms with Crippen LogP contribution in [-0.4, -0.2) is 32.3 Å². The Kier molecular flexibility index (Phi) is 3.68. The van der Waals surface area contributed by atoms with Crippen molar-refractivity contribution in [3.8, 4) is 0 Å². The molecule has 0 saturated carbocycles. The van der Waals surface area contributed by atoms with Crippen molar-refractivity contribution in [1.82, 2.24) is 19.7 Å². The first-order valence-corrected chi connectivity index (χ1v) is 7.94. The van der Waals surface area contributed by atoms with E-state index in [2.05, 4.69) is 15.1 Å². The van der Waals surface area contributed by atoms with Gasteiger partial charge in [0, 0.05) is 6.20 Å². The molecule has 0 atom stereocenters. The molecule has 7 nitrogen and oxygen atoms in total. The normalized spacial score (nSPS) is 11.3. The molecule has 4 rings (SSSR count). The third kappa shape index (κ3) is 2.73. The highest BCUT2D eigenvalue weighted by Gasteiger charge is 2.13. The molecular weight excluding hydrogens is 320 g/mol. The second kappa shape index (κ2) is 6.01. The zero-order valence-electron chi connectivity index (χ0n) is 13.9. The summed E-state index contributed by atoms with van der Waals surface area (Å²) < 4.78 is 12.5. The number of benzene rings is 1. The van der Waals surface area contributed by atoms with Gasteiger partial charge in [0.25, 0.3) is 5.71 Å². The summed E-state index contributed by atoms with van der Waals surface area (Å²) in [6.45, 7) is 4.53. The van der Waals surface area contributed by atoms with Crippen molar-refractivity contribution in [3.63, 3.8) is 0 Å². The van der Waals surface area contributed by atoms with Gasteiger partial charge in [-0.25, -0.2) is 14.8 Å². The van der Waals surface area contributed by atoms with E-state index in [1.54, 1.807) is 13.0 Å². The van der Waals surface area contributed by atoms with Crippen LogP contribution in [0.15, 0.2) is 41.1 Å². The molecular formula is C18H16N4O3. The number of imidazole rings is 1. The number of ether oxygens (including phenoxy) is 1. The summed E-state index contributed by atoms with van der Waals surface area (Å²) in [4.78, 5) is 20.9. The lowest BCUT2D eigenvalue weighted by molar-refractivity contribution is 0.0491. The van der Waals surface area contributed by atoms with Crippen LogP contribution < -0.4 is 0 Å². The Balaban J connectivity index is 1.47. The molecule has 25 heavy (non-hydrogen) atoms. The topological polar surface area (TPSA) is 83.0 Å². The minimum Gasteiger partial charge on any atom is -0.460 e. The van der Waals surface area contributed by atoms with Gasteiger partial charge in [0.05, 0.1) is 34.2 Å². The van der Waals surface area contributed by atoms with Crippen molar-refractivity contribution < 1.29 is 14.1 Å². The van der Waals surface area contributed by atoms with Crippen molar-refractivity contribution in [3.05, 3.63) is 53.6 Å². The minimum atomic E-state index is -0.419. The third-order valence-corrected chi connectivity index (χ3v) is 4.14. The maximum atomic E-state index is 12.3. The zero-order valence-corrected chi connectivity index (χ0v) is 13.9. The Morgan fingerprint density at radius 3 is 3.00 bits per heavy atom. The molecule has 3 heterocycles. The molecule has 3 aromatic heterocycles.